The normalized spacial score (nSPS) is 12.3. The van der Waals surface area contributed by atoms with Crippen LogP contribution >= 0.6 is 35.3 Å². The van der Waals surface area contributed by atoms with E-state index in [2.05, 4.69) is 33.1 Å². The molecule has 0 saturated carbocycles. The summed E-state index contributed by atoms with van der Waals surface area (Å²) < 4.78 is 1.17. The van der Waals surface area contributed by atoms with Crippen LogP contribution in [-0.4, -0.2) is 30.1 Å². The number of anilines is 1. The molecule has 0 fully saturated rings. The van der Waals surface area contributed by atoms with Crippen molar-refractivity contribution in [2.24, 2.45) is 10.9 Å². The number of hydrogen-bond donors (Lipinski definition) is 4. The van der Waals surface area contributed by atoms with Crippen molar-refractivity contribution in [1.82, 2.24) is 10.6 Å². The Morgan fingerprint density at radius 1 is 1.09 bits per heavy atom. The van der Waals surface area contributed by atoms with Gasteiger partial charge in [-0.15, -0.1) is 35.3 Å². The number of benzene rings is 2. The number of carbonyl (C=O) groups is 1. The molecule has 1 atom stereocenters. The minimum Gasteiger partial charge on any atom is -0.386 e. The molecular weight excluding hydrogens is 535 g/mol. The van der Waals surface area contributed by atoms with Crippen LogP contribution in [0.15, 0.2) is 59.6 Å². The van der Waals surface area contributed by atoms with Gasteiger partial charge in [0.2, 0.25) is 5.91 Å². The quantitative estimate of drug-likeness (QED) is 0.178. The van der Waals surface area contributed by atoms with Crippen LogP contribution in [0, 0.1) is 5.92 Å². The zero-order chi connectivity index (χ0) is 22.2. The summed E-state index contributed by atoms with van der Waals surface area (Å²) in [5.74, 6) is 0.599. The van der Waals surface area contributed by atoms with E-state index in [1.807, 2.05) is 63.2 Å². The highest BCUT2D eigenvalue weighted by Gasteiger charge is 2.12. The van der Waals surface area contributed by atoms with Crippen molar-refractivity contribution >= 4 is 63.0 Å². The van der Waals surface area contributed by atoms with Crippen molar-refractivity contribution in [3.05, 3.63) is 65.0 Å². The fourth-order valence-corrected chi connectivity index (χ4v) is 4.00. The number of carbonyl (C=O) groups excluding carboxylic acids is 1. The van der Waals surface area contributed by atoms with Crippen LogP contribution < -0.4 is 16.0 Å². The van der Waals surface area contributed by atoms with Crippen molar-refractivity contribution in [2.45, 2.75) is 33.4 Å². The third kappa shape index (κ3) is 7.46. The van der Waals surface area contributed by atoms with Gasteiger partial charge in [0.05, 0.1) is 6.54 Å². The Hall–Kier alpha value is -2.17. The van der Waals surface area contributed by atoms with Gasteiger partial charge in [0.25, 0.3) is 0 Å². The van der Waals surface area contributed by atoms with Gasteiger partial charge in [-0.1, -0.05) is 44.2 Å². The Kier molecular flexibility index (Phi) is 10.4. The molecule has 1 heterocycles. The number of aliphatic imine (C=N–C) groups is 1. The molecule has 0 aliphatic carbocycles. The molecule has 0 spiro atoms. The molecule has 3 rings (SSSR count). The maximum Gasteiger partial charge on any atom is 0.226 e. The van der Waals surface area contributed by atoms with E-state index < -0.39 is 6.10 Å². The molecule has 3 aromatic rings. The molecule has 1 aromatic heterocycles. The summed E-state index contributed by atoms with van der Waals surface area (Å²) in [6, 6.07) is 17.8. The lowest BCUT2D eigenvalue weighted by Gasteiger charge is -2.14. The van der Waals surface area contributed by atoms with Crippen LogP contribution in [0.25, 0.3) is 10.1 Å². The lowest BCUT2D eigenvalue weighted by atomic mass is 10.2. The zero-order valence-corrected chi connectivity index (χ0v) is 21.7. The van der Waals surface area contributed by atoms with Crippen LogP contribution in [0.3, 0.4) is 0 Å². The Morgan fingerprint density at radius 2 is 1.81 bits per heavy atom. The van der Waals surface area contributed by atoms with Gasteiger partial charge >= 0.3 is 0 Å². The summed E-state index contributed by atoms with van der Waals surface area (Å²) >= 11 is 1.61. The molecule has 1 unspecified atom stereocenters. The van der Waals surface area contributed by atoms with Gasteiger partial charge in [-0.25, -0.2) is 4.99 Å². The van der Waals surface area contributed by atoms with Crippen molar-refractivity contribution in [1.29, 1.82) is 0 Å². The fourth-order valence-electron chi connectivity index (χ4n) is 2.95. The molecule has 0 saturated heterocycles. The number of thiophene rings is 1. The molecule has 0 aliphatic rings. The Labute approximate surface area is 210 Å². The average Bonchev–Trinajstić information content (AvgIpc) is 3.21. The fraction of sp³-hybridized carbons (Fsp3) is 0.333. The highest BCUT2D eigenvalue weighted by atomic mass is 127. The van der Waals surface area contributed by atoms with E-state index in [0.29, 0.717) is 19.0 Å². The van der Waals surface area contributed by atoms with E-state index in [1.54, 1.807) is 11.3 Å². The first-order chi connectivity index (χ1) is 15.0. The third-order valence-electron chi connectivity index (χ3n) is 4.75. The number of aliphatic hydroxyl groups excluding tert-OH is 1. The summed E-state index contributed by atoms with van der Waals surface area (Å²) in [4.78, 5) is 17.3. The molecule has 8 heteroatoms. The number of halogens is 1. The zero-order valence-electron chi connectivity index (χ0n) is 18.6. The van der Waals surface area contributed by atoms with E-state index in [4.69, 9.17) is 0 Å². The average molecular weight is 567 g/mol. The second kappa shape index (κ2) is 12.8. The molecule has 172 valence electrons. The number of amides is 1. The second-order valence-electron chi connectivity index (χ2n) is 7.62. The van der Waals surface area contributed by atoms with Crippen molar-refractivity contribution in [3.63, 3.8) is 0 Å². The Bertz CT molecular complexity index is 1000. The molecule has 2 aromatic carbocycles. The predicted molar refractivity (Wildman–Crippen MR) is 145 cm³/mol. The first-order valence-corrected chi connectivity index (χ1v) is 11.4. The van der Waals surface area contributed by atoms with E-state index in [1.165, 1.54) is 4.70 Å². The number of aliphatic hydroxyl groups is 1. The summed E-state index contributed by atoms with van der Waals surface area (Å²) in [5.41, 5.74) is 1.81. The van der Waals surface area contributed by atoms with Crippen molar-refractivity contribution < 1.29 is 9.90 Å². The lowest BCUT2D eigenvalue weighted by molar-refractivity contribution is -0.118. The largest absolute Gasteiger partial charge is 0.386 e. The van der Waals surface area contributed by atoms with Crippen molar-refractivity contribution in [2.75, 3.05) is 18.4 Å². The SMILES string of the molecule is CCNC(=NCc1ccc(NC(=O)C(C)C)cc1)NCC(O)c1cc2ccccc2s1.I. The number of rotatable bonds is 8. The van der Waals surface area contributed by atoms with Crippen LogP contribution in [0.2, 0.25) is 0 Å². The number of hydrogen-bond acceptors (Lipinski definition) is 4. The molecular formula is C24H31IN4O2S. The topological polar surface area (TPSA) is 85.8 Å². The second-order valence-corrected chi connectivity index (χ2v) is 8.73. The van der Waals surface area contributed by atoms with E-state index in [0.717, 1.165) is 28.1 Å². The number of guanidine groups is 1. The standard InChI is InChI=1S/C24H30N4O2S.HI/c1-4-25-24(26-14-17-9-11-19(12-10-17)28-23(30)16(2)3)27-15-20(29)22-13-18-7-5-6-8-21(18)31-22;/h5-13,16,20,29H,4,14-15H2,1-3H3,(H,28,30)(H2,25,26,27);1H. The third-order valence-corrected chi connectivity index (χ3v) is 5.96. The maximum absolute atomic E-state index is 11.8. The first-order valence-electron chi connectivity index (χ1n) is 10.5. The summed E-state index contributed by atoms with van der Waals surface area (Å²) in [6.45, 7) is 7.33. The maximum atomic E-state index is 11.8. The minimum atomic E-state index is -0.606. The number of nitrogens with one attached hydrogen (secondary N) is 3. The molecule has 0 bridgehead atoms. The van der Waals surface area contributed by atoms with E-state index in [9.17, 15) is 9.90 Å². The molecule has 1 amide bonds. The van der Waals surface area contributed by atoms with E-state index >= 15 is 0 Å². The van der Waals surface area contributed by atoms with Crippen LogP contribution in [0.1, 0.15) is 37.3 Å². The molecule has 32 heavy (non-hydrogen) atoms. The van der Waals surface area contributed by atoms with Crippen LogP contribution in [0.5, 0.6) is 0 Å². The summed E-state index contributed by atoms with van der Waals surface area (Å²) in [7, 11) is 0. The highest BCUT2D eigenvalue weighted by Crippen LogP contribution is 2.29. The van der Waals surface area contributed by atoms with Crippen LogP contribution in [-0.2, 0) is 11.3 Å². The summed E-state index contributed by atoms with van der Waals surface area (Å²) in [5, 5.41) is 21.1. The highest BCUT2D eigenvalue weighted by molar-refractivity contribution is 14.0. The lowest BCUT2D eigenvalue weighted by Crippen LogP contribution is -2.39. The molecule has 0 aliphatic heterocycles. The molecule has 0 radical (unpaired) electrons. The van der Waals surface area contributed by atoms with Gasteiger partial charge < -0.3 is 21.1 Å². The predicted octanol–water partition coefficient (Wildman–Crippen LogP) is 4.90. The van der Waals surface area contributed by atoms with Gasteiger partial charge in [-0.2, -0.15) is 0 Å². The number of nitrogens with zero attached hydrogens (tertiary/aromatic N) is 1. The van der Waals surface area contributed by atoms with Gasteiger partial charge in [0.15, 0.2) is 5.96 Å². The van der Waals surface area contributed by atoms with Gasteiger partial charge in [-0.05, 0) is 42.1 Å². The Balaban J connectivity index is 0.00000363. The van der Waals surface area contributed by atoms with Gasteiger partial charge in [-0.3, -0.25) is 4.79 Å². The van der Waals surface area contributed by atoms with E-state index in [-0.39, 0.29) is 35.8 Å². The van der Waals surface area contributed by atoms with Crippen LogP contribution in [0.4, 0.5) is 5.69 Å². The number of fused-ring (bicyclic) bond motifs is 1. The van der Waals surface area contributed by atoms with Gasteiger partial charge in [0, 0.05) is 34.3 Å². The molecule has 4 N–H and O–H groups in total. The Morgan fingerprint density at radius 3 is 2.47 bits per heavy atom. The first kappa shape index (κ1) is 26.1. The molecule has 6 nitrogen and oxygen atoms in total. The van der Waals surface area contributed by atoms with Crippen molar-refractivity contribution in [3.8, 4) is 0 Å². The summed E-state index contributed by atoms with van der Waals surface area (Å²) in [6.07, 6.45) is -0.606. The monoisotopic (exact) mass is 566 g/mol. The van der Waals surface area contributed by atoms with Gasteiger partial charge in [0.1, 0.15) is 6.10 Å². The minimum absolute atomic E-state index is 0. The smallest absolute Gasteiger partial charge is 0.226 e.